The molecule has 0 aromatic carbocycles. The van der Waals surface area contributed by atoms with E-state index in [4.69, 9.17) is 16.3 Å². The lowest BCUT2D eigenvalue weighted by Gasteiger charge is -2.08. The third kappa shape index (κ3) is 6.35. The molecule has 0 aromatic heterocycles. The molecule has 0 saturated carbocycles. The number of halogens is 1. The molecule has 0 spiro atoms. The minimum absolute atomic E-state index is 0.369. The third-order valence-corrected chi connectivity index (χ3v) is 1.79. The van der Waals surface area contributed by atoms with Crippen LogP contribution in [0.15, 0.2) is 11.1 Å². The standard InChI is InChI=1S/C8H15ClO2/c1-7(5-9)3-4-8(10)6-11-2/h5,8,10H,3-4,6H2,1-2H3. The maximum atomic E-state index is 9.20. The average molecular weight is 179 g/mol. The fraction of sp³-hybridized carbons (Fsp3) is 0.750. The highest BCUT2D eigenvalue weighted by molar-refractivity contribution is 6.25. The minimum atomic E-state index is -0.369. The Morgan fingerprint density at radius 3 is 2.82 bits per heavy atom. The van der Waals surface area contributed by atoms with Gasteiger partial charge in [0.1, 0.15) is 0 Å². The first-order chi connectivity index (χ1) is 5.20. The lowest BCUT2D eigenvalue weighted by atomic mass is 10.1. The molecule has 11 heavy (non-hydrogen) atoms. The fourth-order valence-corrected chi connectivity index (χ4v) is 0.834. The Labute approximate surface area is 72.8 Å². The van der Waals surface area contributed by atoms with Crippen LogP contribution in [0.1, 0.15) is 19.8 Å². The number of methoxy groups -OCH3 is 1. The van der Waals surface area contributed by atoms with Crippen molar-refractivity contribution in [1.29, 1.82) is 0 Å². The second-order valence-corrected chi connectivity index (χ2v) is 2.82. The Hall–Kier alpha value is -0.0500. The van der Waals surface area contributed by atoms with Crippen LogP contribution in [0.4, 0.5) is 0 Å². The van der Waals surface area contributed by atoms with Crippen LogP contribution in [0.2, 0.25) is 0 Å². The summed E-state index contributed by atoms with van der Waals surface area (Å²) in [6.07, 6.45) is 1.17. The maximum Gasteiger partial charge on any atom is 0.0776 e. The Kier molecular flexibility index (Phi) is 6.62. The van der Waals surface area contributed by atoms with E-state index in [9.17, 15) is 5.11 Å². The van der Waals surface area contributed by atoms with Crippen LogP contribution >= 0.6 is 11.6 Å². The van der Waals surface area contributed by atoms with E-state index in [-0.39, 0.29) is 6.10 Å². The zero-order valence-electron chi connectivity index (χ0n) is 7.01. The van der Waals surface area contributed by atoms with Gasteiger partial charge in [0.25, 0.3) is 0 Å². The molecule has 2 nitrogen and oxygen atoms in total. The fourth-order valence-electron chi connectivity index (χ4n) is 0.725. The van der Waals surface area contributed by atoms with Crippen LogP contribution < -0.4 is 0 Å². The Bertz CT molecular complexity index is 123. The molecule has 0 fully saturated rings. The summed E-state index contributed by atoms with van der Waals surface area (Å²) in [4.78, 5) is 0. The minimum Gasteiger partial charge on any atom is -0.391 e. The lowest BCUT2D eigenvalue weighted by Crippen LogP contribution is -2.13. The van der Waals surface area contributed by atoms with Crippen molar-refractivity contribution < 1.29 is 9.84 Å². The largest absolute Gasteiger partial charge is 0.391 e. The summed E-state index contributed by atoms with van der Waals surface area (Å²) in [7, 11) is 1.58. The lowest BCUT2D eigenvalue weighted by molar-refractivity contribution is 0.0595. The van der Waals surface area contributed by atoms with Crippen molar-refractivity contribution in [3.05, 3.63) is 11.1 Å². The number of hydrogen-bond acceptors (Lipinski definition) is 2. The van der Waals surface area contributed by atoms with Gasteiger partial charge in [-0.15, -0.1) is 0 Å². The summed E-state index contributed by atoms with van der Waals surface area (Å²) in [6, 6.07) is 0. The highest BCUT2D eigenvalue weighted by Crippen LogP contribution is 2.07. The Morgan fingerprint density at radius 2 is 2.36 bits per heavy atom. The second-order valence-electron chi connectivity index (χ2n) is 2.60. The maximum absolute atomic E-state index is 9.20. The summed E-state index contributed by atoms with van der Waals surface area (Å²) in [5.41, 5.74) is 2.63. The van der Waals surface area contributed by atoms with Gasteiger partial charge in [-0.3, -0.25) is 0 Å². The second kappa shape index (κ2) is 6.65. The first-order valence-electron chi connectivity index (χ1n) is 3.63. The smallest absolute Gasteiger partial charge is 0.0776 e. The molecule has 0 rings (SSSR count). The van der Waals surface area contributed by atoms with E-state index in [0.29, 0.717) is 13.0 Å². The van der Waals surface area contributed by atoms with Gasteiger partial charge in [0.15, 0.2) is 0 Å². The molecule has 0 saturated heterocycles. The van der Waals surface area contributed by atoms with Crippen molar-refractivity contribution in [2.45, 2.75) is 25.9 Å². The molecule has 0 aliphatic heterocycles. The molecule has 0 aromatic rings. The van der Waals surface area contributed by atoms with Crippen molar-refractivity contribution in [2.75, 3.05) is 13.7 Å². The van der Waals surface area contributed by atoms with Crippen LogP contribution in [0.25, 0.3) is 0 Å². The summed E-state index contributed by atoms with van der Waals surface area (Å²) < 4.78 is 4.77. The van der Waals surface area contributed by atoms with E-state index < -0.39 is 0 Å². The highest BCUT2D eigenvalue weighted by Gasteiger charge is 2.02. The van der Waals surface area contributed by atoms with E-state index in [1.165, 1.54) is 0 Å². The Morgan fingerprint density at radius 1 is 1.73 bits per heavy atom. The molecule has 0 heterocycles. The van der Waals surface area contributed by atoms with Gasteiger partial charge in [0.2, 0.25) is 0 Å². The van der Waals surface area contributed by atoms with Crippen LogP contribution in [0, 0.1) is 0 Å². The van der Waals surface area contributed by atoms with Crippen molar-refractivity contribution in [3.63, 3.8) is 0 Å². The number of hydrogen-bond donors (Lipinski definition) is 1. The van der Waals surface area contributed by atoms with Gasteiger partial charge in [0.05, 0.1) is 12.7 Å². The summed E-state index contributed by atoms with van der Waals surface area (Å²) in [5, 5.41) is 9.20. The molecule has 3 heteroatoms. The van der Waals surface area contributed by atoms with E-state index in [1.54, 1.807) is 12.6 Å². The van der Waals surface area contributed by atoms with Crippen LogP contribution in [-0.2, 0) is 4.74 Å². The van der Waals surface area contributed by atoms with E-state index in [0.717, 1.165) is 12.0 Å². The summed E-state index contributed by atoms with van der Waals surface area (Å²) in [5.74, 6) is 0. The number of ether oxygens (including phenoxy) is 1. The molecule has 0 radical (unpaired) electrons. The van der Waals surface area contributed by atoms with Crippen molar-refractivity contribution in [1.82, 2.24) is 0 Å². The molecule has 0 amide bonds. The Balaban J connectivity index is 3.37. The van der Waals surface area contributed by atoms with Crippen LogP contribution in [-0.4, -0.2) is 24.9 Å². The number of aliphatic hydroxyl groups is 1. The van der Waals surface area contributed by atoms with Gasteiger partial charge in [0, 0.05) is 12.6 Å². The monoisotopic (exact) mass is 178 g/mol. The molecular formula is C8H15ClO2. The van der Waals surface area contributed by atoms with Crippen LogP contribution in [0.5, 0.6) is 0 Å². The molecule has 0 aliphatic carbocycles. The van der Waals surface area contributed by atoms with E-state index in [2.05, 4.69) is 0 Å². The van der Waals surface area contributed by atoms with Gasteiger partial charge in [-0.05, 0) is 19.8 Å². The SMILES string of the molecule is COCC(O)CCC(C)=CCl. The molecule has 66 valence electrons. The molecular weight excluding hydrogens is 164 g/mol. The average Bonchev–Trinajstić information content (AvgIpc) is 2.01. The number of allylic oxidation sites excluding steroid dienone is 1. The highest BCUT2D eigenvalue weighted by atomic mass is 35.5. The van der Waals surface area contributed by atoms with Gasteiger partial charge < -0.3 is 9.84 Å². The number of rotatable bonds is 5. The normalized spacial score (nSPS) is 15.1. The summed E-state index contributed by atoms with van der Waals surface area (Å²) >= 11 is 5.44. The van der Waals surface area contributed by atoms with Gasteiger partial charge >= 0.3 is 0 Å². The molecule has 1 unspecified atom stereocenters. The molecule has 1 N–H and O–H groups in total. The third-order valence-electron chi connectivity index (χ3n) is 1.42. The number of aliphatic hydroxyl groups excluding tert-OH is 1. The summed E-state index contributed by atoms with van der Waals surface area (Å²) in [6.45, 7) is 2.34. The predicted molar refractivity (Wildman–Crippen MR) is 46.7 cm³/mol. The van der Waals surface area contributed by atoms with E-state index >= 15 is 0 Å². The van der Waals surface area contributed by atoms with Crippen LogP contribution in [0.3, 0.4) is 0 Å². The zero-order valence-corrected chi connectivity index (χ0v) is 7.77. The van der Waals surface area contributed by atoms with Crippen molar-refractivity contribution in [2.24, 2.45) is 0 Å². The quantitative estimate of drug-likeness (QED) is 0.697. The molecule has 0 bridgehead atoms. The van der Waals surface area contributed by atoms with Crippen molar-refractivity contribution in [3.8, 4) is 0 Å². The predicted octanol–water partition coefficient (Wildman–Crippen LogP) is 1.92. The van der Waals surface area contributed by atoms with Gasteiger partial charge in [-0.1, -0.05) is 17.2 Å². The zero-order chi connectivity index (χ0) is 8.69. The van der Waals surface area contributed by atoms with Crippen molar-refractivity contribution >= 4 is 11.6 Å². The van der Waals surface area contributed by atoms with E-state index in [1.807, 2.05) is 6.92 Å². The van der Waals surface area contributed by atoms with Gasteiger partial charge in [-0.25, -0.2) is 0 Å². The van der Waals surface area contributed by atoms with Gasteiger partial charge in [-0.2, -0.15) is 0 Å². The molecule has 0 aliphatic rings. The first-order valence-corrected chi connectivity index (χ1v) is 4.07. The topological polar surface area (TPSA) is 29.5 Å². The first kappa shape index (κ1) is 11.0. The molecule has 1 atom stereocenters.